The Morgan fingerprint density at radius 2 is 1.44 bits per heavy atom. The van der Waals surface area contributed by atoms with Crippen molar-refractivity contribution in [3.05, 3.63) is 69.9 Å². The lowest BCUT2D eigenvalue weighted by Crippen LogP contribution is -2.08. The fourth-order valence-corrected chi connectivity index (χ4v) is 3.21. The molecule has 32 heavy (non-hydrogen) atoms. The van der Waals surface area contributed by atoms with Crippen molar-refractivity contribution in [1.29, 1.82) is 0 Å². The van der Waals surface area contributed by atoms with Crippen LogP contribution < -0.4 is 4.74 Å². The van der Waals surface area contributed by atoms with Crippen LogP contribution >= 0.6 is 0 Å². The van der Waals surface area contributed by atoms with E-state index in [-0.39, 0.29) is 5.75 Å². The highest BCUT2D eigenvalue weighted by atomic mass is 16.5. The lowest BCUT2D eigenvalue weighted by Gasteiger charge is -2.15. The summed E-state index contributed by atoms with van der Waals surface area (Å²) >= 11 is 0. The van der Waals surface area contributed by atoms with Gasteiger partial charge in [0.25, 0.3) is 0 Å². The number of benzene rings is 1. The first kappa shape index (κ1) is 27.3. The molecule has 0 aliphatic carbocycles. The molecule has 0 saturated carbocycles. The lowest BCUT2D eigenvalue weighted by molar-refractivity contribution is 0.0599. The van der Waals surface area contributed by atoms with Crippen LogP contribution in [0.1, 0.15) is 83.1 Å². The van der Waals surface area contributed by atoms with Crippen LogP contribution in [0.5, 0.6) is 11.5 Å². The Balaban J connectivity index is 3.05. The number of methoxy groups -OCH3 is 1. The summed E-state index contributed by atoms with van der Waals surface area (Å²) in [6, 6.07) is 3.08. The van der Waals surface area contributed by atoms with Crippen LogP contribution in [0.4, 0.5) is 0 Å². The van der Waals surface area contributed by atoms with Gasteiger partial charge in [0, 0.05) is 5.56 Å². The molecule has 1 rings (SSSR count). The zero-order chi connectivity index (χ0) is 24.1. The normalized spacial score (nSPS) is 11.7. The van der Waals surface area contributed by atoms with Crippen LogP contribution in [0.25, 0.3) is 0 Å². The number of hydrogen-bond acceptors (Lipinski definition) is 4. The monoisotopic (exact) mass is 440 g/mol. The van der Waals surface area contributed by atoms with Crippen LogP contribution in [-0.2, 0) is 11.2 Å². The van der Waals surface area contributed by atoms with Crippen molar-refractivity contribution in [3.63, 3.8) is 0 Å². The number of carbonyl (C=O) groups is 1. The van der Waals surface area contributed by atoms with E-state index in [9.17, 15) is 9.90 Å². The molecular formula is C28H40O4. The number of phenols is 1. The number of phenolic OH excluding ortho intramolecular Hbond substituents is 1. The molecule has 4 nitrogen and oxygen atoms in total. The van der Waals surface area contributed by atoms with Crippen LogP contribution in [0.3, 0.4) is 0 Å². The van der Waals surface area contributed by atoms with Gasteiger partial charge in [-0.25, -0.2) is 4.79 Å². The summed E-state index contributed by atoms with van der Waals surface area (Å²) in [7, 11) is 1.36. The minimum Gasteiger partial charge on any atom is -0.504 e. The Morgan fingerprint density at radius 1 is 0.875 bits per heavy atom. The second-order valence-corrected chi connectivity index (χ2v) is 8.69. The summed E-state index contributed by atoms with van der Waals surface area (Å²) in [6.07, 6.45) is 12.9. The van der Waals surface area contributed by atoms with Gasteiger partial charge in [0.15, 0.2) is 11.5 Å². The molecule has 0 amide bonds. The van der Waals surface area contributed by atoms with Gasteiger partial charge in [0.05, 0.1) is 12.7 Å². The van der Waals surface area contributed by atoms with E-state index < -0.39 is 5.97 Å². The van der Waals surface area contributed by atoms with Gasteiger partial charge in [0.2, 0.25) is 0 Å². The van der Waals surface area contributed by atoms with Gasteiger partial charge >= 0.3 is 5.97 Å². The first-order chi connectivity index (χ1) is 15.1. The van der Waals surface area contributed by atoms with E-state index in [1.54, 1.807) is 6.07 Å². The predicted octanol–water partition coefficient (Wildman–Crippen LogP) is 7.49. The molecule has 0 spiro atoms. The van der Waals surface area contributed by atoms with E-state index in [4.69, 9.17) is 9.47 Å². The molecule has 0 unspecified atom stereocenters. The highest BCUT2D eigenvalue weighted by molar-refractivity contribution is 5.92. The summed E-state index contributed by atoms with van der Waals surface area (Å²) in [5.41, 5.74) is 6.13. The number of ether oxygens (including phenoxy) is 2. The molecule has 0 aliphatic rings. The van der Waals surface area contributed by atoms with Gasteiger partial charge in [-0.2, -0.15) is 0 Å². The van der Waals surface area contributed by atoms with Crippen molar-refractivity contribution in [3.8, 4) is 11.5 Å². The Hall–Kier alpha value is -2.75. The molecule has 1 aromatic rings. The van der Waals surface area contributed by atoms with E-state index in [1.807, 2.05) is 6.08 Å². The van der Waals surface area contributed by atoms with Crippen molar-refractivity contribution in [2.24, 2.45) is 0 Å². The maximum atomic E-state index is 12.3. The number of hydrogen-bond donors (Lipinski definition) is 1. The number of allylic oxidation sites excluding steroid dienone is 7. The van der Waals surface area contributed by atoms with Crippen LogP contribution in [-0.4, -0.2) is 24.8 Å². The molecule has 0 aromatic heterocycles. The highest BCUT2D eigenvalue weighted by Gasteiger charge is 2.19. The predicted molar refractivity (Wildman–Crippen MR) is 133 cm³/mol. The largest absolute Gasteiger partial charge is 0.504 e. The Morgan fingerprint density at radius 3 is 1.97 bits per heavy atom. The molecule has 0 bridgehead atoms. The molecule has 4 heteroatoms. The van der Waals surface area contributed by atoms with Crippen molar-refractivity contribution >= 4 is 5.97 Å². The van der Waals surface area contributed by atoms with Gasteiger partial charge in [-0.3, -0.25) is 0 Å². The molecule has 0 fully saturated rings. The van der Waals surface area contributed by atoms with Crippen molar-refractivity contribution in [1.82, 2.24) is 0 Å². The third-order valence-corrected chi connectivity index (χ3v) is 5.14. The molecule has 0 aliphatic heterocycles. The summed E-state index contributed by atoms with van der Waals surface area (Å²) in [5, 5.41) is 10.5. The molecule has 1 N–H and O–H groups in total. The lowest BCUT2D eigenvalue weighted by atomic mass is 10.00. The minimum atomic E-state index is -0.436. The molecule has 176 valence electrons. The van der Waals surface area contributed by atoms with Crippen LogP contribution in [0.2, 0.25) is 0 Å². The highest BCUT2D eigenvalue weighted by Crippen LogP contribution is 2.34. The fourth-order valence-electron chi connectivity index (χ4n) is 3.21. The van der Waals surface area contributed by atoms with Gasteiger partial charge in [-0.05, 0) is 91.9 Å². The Kier molecular flexibility index (Phi) is 12.2. The van der Waals surface area contributed by atoms with Crippen molar-refractivity contribution in [2.45, 2.75) is 73.6 Å². The molecular weight excluding hydrogens is 400 g/mol. The van der Waals surface area contributed by atoms with Gasteiger partial charge in [0.1, 0.15) is 6.61 Å². The second kappa shape index (κ2) is 14.3. The zero-order valence-electron chi connectivity index (χ0n) is 20.9. The van der Waals surface area contributed by atoms with E-state index in [2.05, 4.69) is 59.8 Å². The molecule has 0 heterocycles. The van der Waals surface area contributed by atoms with Gasteiger partial charge in [-0.15, -0.1) is 0 Å². The van der Waals surface area contributed by atoms with E-state index in [0.29, 0.717) is 29.9 Å². The smallest absolute Gasteiger partial charge is 0.338 e. The number of aromatic hydroxyl groups is 1. The second-order valence-electron chi connectivity index (χ2n) is 8.69. The topological polar surface area (TPSA) is 55.8 Å². The molecule has 1 aromatic carbocycles. The third-order valence-electron chi connectivity index (χ3n) is 5.14. The first-order valence-corrected chi connectivity index (χ1v) is 11.3. The van der Waals surface area contributed by atoms with Gasteiger partial charge < -0.3 is 14.6 Å². The van der Waals surface area contributed by atoms with E-state index in [0.717, 1.165) is 25.7 Å². The quantitative estimate of drug-likeness (QED) is 0.270. The van der Waals surface area contributed by atoms with Crippen molar-refractivity contribution in [2.75, 3.05) is 13.7 Å². The first-order valence-electron chi connectivity index (χ1n) is 11.3. The van der Waals surface area contributed by atoms with E-state index >= 15 is 0 Å². The SMILES string of the molecule is COC(=O)c1ccc(O)c(OC/C=C(\C)CCC=C(C)C)c1C/C=C(\C)CCC=C(C)C. The number of rotatable bonds is 12. The van der Waals surface area contributed by atoms with Gasteiger partial charge in [-0.1, -0.05) is 40.5 Å². The third kappa shape index (κ3) is 10.0. The van der Waals surface area contributed by atoms with Crippen LogP contribution in [0, 0.1) is 0 Å². The zero-order valence-corrected chi connectivity index (χ0v) is 20.9. The summed E-state index contributed by atoms with van der Waals surface area (Å²) < 4.78 is 10.9. The Bertz CT molecular complexity index is 877. The van der Waals surface area contributed by atoms with E-state index in [1.165, 1.54) is 35.5 Å². The average Bonchev–Trinajstić information content (AvgIpc) is 2.72. The summed E-state index contributed by atoms with van der Waals surface area (Å²) in [6.45, 7) is 12.9. The maximum absolute atomic E-state index is 12.3. The number of esters is 1. The standard InChI is InChI=1S/C28H40O4/c1-20(2)10-8-12-22(5)14-15-24-25(28(30)31-7)16-17-26(29)27(24)32-19-18-23(6)13-9-11-21(3)4/h10-11,14,16-18,29H,8-9,12-13,15,19H2,1-7H3/b22-14+,23-18+. The molecule has 0 atom stereocenters. The minimum absolute atomic E-state index is 0.0267. The summed E-state index contributed by atoms with van der Waals surface area (Å²) in [4.78, 5) is 12.3. The summed E-state index contributed by atoms with van der Waals surface area (Å²) in [5.74, 6) is -0.0673. The number of carbonyl (C=O) groups excluding carboxylic acids is 1. The molecule has 0 saturated heterocycles. The fraction of sp³-hybridized carbons (Fsp3) is 0.464. The molecule has 0 radical (unpaired) electrons. The maximum Gasteiger partial charge on any atom is 0.338 e. The Labute approximate surface area is 194 Å². The average molecular weight is 441 g/mol. The van der Waals surface area contributed by atoms with Crippen molar-refractivity contribution < 1.29 is 19.4 Å². The van der Waals surface area contributed by atoms with Crippen LogP contribution in [0.15, 0.2) is 58.7 Å².